The summed E-state index contributed by atoms with van der Waals surface area (Å²) in [6.07, 6.45) is 2.58. The Kier molecular flexibility index (Phi) is 4.80. The molecule has 140 valence electrons. The number of aromatic nitrogens is 3. The Morgan fingerprint density at radius 3 is 2.93 bits per heavy atom. The van der Waals surface area contributed by atoms with Gasteiger partial charge >= 0.3 is 5.97 Å². The Morgan fingerprint density at radius 1 is 1.37 bits per heavy atom. The van der Waals surface area contributed by atoms with Crippen LogP contribution in [0.5, 0.6) is 0 Å². The van der Waals surface area contributed by atoms with Crippen LogP contribution in [0.25, 0.3) is 11.0 Å². The van der Waals surface area contributed by atoms with Gasteiger partial charge in [-0.05, 0) is 18.6 Å². The van der Waals surface area contributed by atoms with Gasteiger partial charge in [0.1, 0.15) is 30.0 Å². The fourth-order valence-electron chi connectivity index (χ4n) is 3.39. The van der Waals surface area contributed by atoms with Crippen molar-refractivity contribution in [2.24, 2.45) is 5.92 Å². The van der Waals surface area contributed by atoms with Crippen LogP contribution in [-0.2, 0) is 9.47 Å². The molecule has 0 radical (unpaired) electrons. The van der Waals surface area contributed by atoms with E-state index in [1.165, 1.54) is 12.5 Å². The van der Waals surface area contributed by atoms with Crippen LogP contribution >= 0.6 is 11.6 Å². The van der Waals surface area contributed by atoms with Gasteiger partial charge in [-0.2, -0.15) is 0 Å². The van der Waals surface area contributed by atoms with Crippen LogP contribution < -0.4 is 0 Å². The maximum Gasteiger partial charge on any atom is 0.338 e. The minimum atomic E-state index is -0.495. The predicted molar refractivity (Wildman–Crippen MR) is 96.9 cm³/mol. The molecule has 0 saturated carbocycles. The van der Waals surface area contributed by atoms with E-state index < -0.39 is 18.0 Å². The third kappa shape index (κ3) is 3.40. The van der Waals surface area contributed by atoms with Crippen LogP contribution in [0.4, 0.5) is 4.39 Å². The van der Waals surface area contributed by atoms with E-state index in [1.54, 1.807) is 28.8 Å². The highest BCUT2D eigenvalue weighted by atomic mass is 35.5. The summed E-state index contributed by atoms with van der Waals surface area (Å²) in [6, 6.07) is 8.78. The number of halogens is 2. The van der Waals surface area contributed by atoms with Crippen molar-refractivity contribution >= 4 is 28.6 Å². The van der Waals surface area contributed by atoms with Crippen LogP contribution in [-0.4, -0.2) is 33.2 Å². The van der Waals surface area contributed by atoms with E-state index in [1.807, 2.05) is 13.0 Å². The minimum Gasteiger partial charge on any atom is -0.459 e. The summed E-state index contributed by atoms with van der Waals surface area (Å²) in [7, 11) is 0. The summed E-state index contributed by atoms with van der Waals surface area (Å²) < 4.78 is 27.3. The topological polar surface area (TPSA) is 66.2 Å². The number of benzene rings is 1. The molecule has 0 amide bonds. The summed E-state index contributed by atoms with van der Waals surface area (Å²) in [5.74, 6) is -0.813. The zero-order valence-corrected chi connectivity index (χ0v) is 15.3. The summed E-state index contributed by atoms with van der Waals surface area (Å²) in [5.41, 5.74) is 0.871. The van der Waals surface area contributed by atoms with Crippen molar-refractivity contribution in [1.82, 2.24) is 14.5 Å². The molecule has 0 aliphatic carbocycles. The Balaban J connectivity index is 1.48. The zero-order chi connectivity index (χ0) is 19.0. The first-order valence-corrected chi connectivity index (χ1v) is 8.96. The third-order valence-electron chi connectivity index (χ3n) is 4.65. The van der Waals surface area contributed by atoms with Crippen LogP contribution in [0.3, 0.4) is 0 Å². The molecule has 4 rings (SSSR count). The molecule has 3 atom stereocenters. The SMILES string of the molecule is C[C@H]1C[C@@H](COC(=O)c2ccccc2)OC1n1cc(F)c2c(Cl)ncnc21. The van der Waals surface area contributed by atoms with Crippen LogP contribution in [0.15, 0.2) is 42.9 Å². The third-order valence-corrected chi connectivity index (χ3v) is 4.94. The summed E-state index contributed by atoms with van der Waals surface area (Å²) in [4.78, 5) is 20.1. The van der Waals surface area contributed by atoms with Gasteiger partial charge in [0.2, 0.25) is 0 Å². The number of ether oxygens (including phenoxy) is 2. The quantitative estimate of drug-likeness (QED) is 0.498. The van der Waals surface area contributed by atoms with Gasteiger partial charge in [0.05, 0.1) is 17.1 Å². The van der Waals surface area contributed by atoms with Crippen molar-refractivity contribution in [1.29, 1.82) is 0 Å². The van der Waals surface area contributed by atoms with Crippen molar-refractivity contribution in [2.75, 3.05) is 6.61 Å². The first kappa shape index (κ1) is 17.9. The summed E-state index contributed by atoms with van der Waals surface area (Å²) >= 11 is 5.99. The van der Waals surface area contributed by atoms with Gasteiger partial charge in [0.15, 0.2) is 5.82 Å². The Labute approximate surface area is 159 Å². The fourth-order valence-corrected chi connectivity index (χ4v) is 3.61. The van der Waals surface area contributed by atoms with Gasteiger partial charge in [0.25, 0.3) is 0 Å². The van der Waals surface area contributed by atoms with Crippen LogP contribution in [0.1, 0.15) is 29.9 Å². The lowest BCUT2D eigenvalue weighted by Crippen LogP contribution is -2.19. The normalized spacial score (nSPS) is 22.3. The molecule has 3 heterocycles. The molecule has 3 aromatic rings. The number of hydrogen-bond donors (Lipinski definition) is 0. The number of hydrogen-bond acceptors (Lipinski definition) is 5. The molecule has 1 aliphatic heterocycles. The molecule has 1 unspecified atom stereocenters. The number of esters is 1. The van der Waals surface area contributed by atoms with Crippen molar-refractivity contribution in [2.45, 2.75) is 25.7 Å². The number of fused-ring (bicyclic) bond motifs is 1. The Bertz CT molecular complexity index is 979. The van der Waals surface area contributed by atoms with E-state index in [2.05, 4.69) is 9.97 Å². The number of rotatable bonds is 4. The number of nitrogens with zero attached hydrogens (tertiary/aromatic N) is 3. The Morgan fingerprint density at radius 2 is 2.15 bits per heavy atom. The van der Waals surface area contributed by atoms with Gasteiger partial charge < -0.3 is 14.0 Å². The average Bonchev–Trinajstić information content (AvgIpc) is 3.21. The monoisotopic (exact) mass is 389 g/mol. The van der Waals surface area contributed by atoms with Crippen molar-refractivity contribution in [3.05, 3.63) is 59.4 Å². The molecule has 8 heteroatoms. The summed E-state index contributed by atoms with van der Waals surface area (Å²) in [5, 5.41) is 0.240. The standard InChI is InChI=1S/C19H17ClFN3O3/c1-11-7-13(9-26-19(25)12-5-3-2-4-6-12)27-18(11)24-8-14(21)15-16(20)22-10-23-17(15)24/h2-6,8,10-11,13,18H,7,9H2,1H3/t11-,13-,18?/m0/s1. The molecular formula is C19H17ClFN3O3. The van der Waals surface area contributed by atoms with E-state index >= 15 is 0 Å². The van der Waals surface area contributed by atoms with Gasteiger partial charge in [-0.3, -0.25) is 0 Å². The highest BCUT2D eigenvalue weighted by molar-refractivity contribution is 6.34. The first-order chi connectivity index (χ1) is 13.0. The molecule has 0 N–H and O–H groups in total. The Hall–Kier alpha value is -2.51. The van der Waals surface area contributed by atoms with Crippen LogP contribution in [0.2, 0.25) is 5.15 Å². The predicted octanol–water partition coefficient (Wildman–Crippen LogP) is 4.00. The molecule has 6 nitrogen and oxygen atoms in total. The largest absolute Gasteiger partial charge is 0.459 e. The lowest BCUT2D eigenvalue weighted by molar-refractivity contribution is -0.0375. The zero-order valence-electron chi connectivity index (χ0n) is 14.5. The smallest absolute Gasteiger partial charge is 0.338 e. The van der Waals surface area contributed by atoms with E-state index in [-0.39, 0.29) is 29.2 Å². The van der Waals surface area contributed by atoms with E-state index in [0.717, 1.165) is 0 Å². The second-order valence-corrected chi connectivity index (χ2v) is 6.93. The van der Waals surface area contributed by atoms with Crippen molar-refractivity contribution in [3.63, 3.8) is 0 Å². The van der Waals surface area contributed by atoms with Gasteiger partial charge in [0, 0.05) is 12.1 Å². The second-order valence-electron chi connectivity index (χ2n) is 6.57. The molecule has 1 aromatic carbocycles. The molecule has 27 heavy (non-hydrogen) atoms. The number of carbonyl (C=O) groups is 1. The van der Waals surface area contributed by atoms with E-state index in [0.29, 0.717) is 17.6 Å². The van der Waals surface area contributed by atoms with Crippen molar-refractivity contribution in [3.8, 4) is 0 Å². The highest BCUT2D eigenvalue weighted by Gasteiger charge is 2.35. The second kappa shape index (κ2) is 7.25. The van der Waals surface area contributed by atoms with Crippen LogP contribution in [0, 0.1) is 11.7 Å². The van der Waals surface area contributed by atoms with Gasteiger partial charge in [-0.1, -0.05) is 36.7 Å². The van der Waals surface area contributed by atoms with E-state index in [9.17, 15) is 9.18 Å². The van der Waals surface area contributed by atoms with Gasteiger partial charge in [-0.15, -0.1) is 0 Å². The fraction of sp³-hybridized carbons (Fsp3) is 0.316. The molecule has 2 aromatic heterocycles. The maximum atomic E-state index is 14.3. The molecule has 1 saturated heterocycles. The van der Waals surface area contributed by atoms with Crippen molar-refractivity contribution < 1.29 is 18.7 Å². The molecule has 1 fully saturated rings. The van der Waals surface area contributed by atoms with E-state index in [4.69, 9.17) is 21.1 Å². The first-order valence-electron chi connectivity index (χ1n) is 8.58. The maximum absolute atomic E-state index is 14.3. The molecule has 0 spiro atoms. The summed E-state index contributed by atoms with van der Waals surface area (Å²) in [6.45, 7) is 2.13. The average molecular weight is 390 g/mol. The number of carbonyl (C=O) groups excluding carboxylic acids is 1. The molecule has 1 aliphatic rings. The lowest BCUT2D eigenvalue weighted by Gasteiger charge is -2.18. The molecule has 0 bridgehead atoms. The highest BCUT2D eigenvalue weighted by Crippen LogP contribution is 2.37. The lowest BCUT2D eigenvalue weighted by atomic mass is 10.1. The molecular weight excluding hydrogens is 373 g/mol. The minimum absolute atomic E-state index is 0.0650. The van der Waals surface area contributed by atoms with Gasteiger partial charge in [-0.25, -0.2) is 19.2 Å².